The molecule has 0 amide bonds. The van der Waals surface area contributed by atoms with Gasteiger partial charge in [-0.05, 0) is 31.9 Å². The Labute approximate surface area is 123 Å². The number of hydrogen-bond donors (Lipinski definition) is 1. The SMILES string of the molecule is CCCNc1snnc1CSc1cc(C)ccc1C. The molecule has 3 nitrogen and oxygen atoms in total. The minimum atomic E-state index is 0.868. The highest BCUT2D eigenvalue weighted by Gasteiger charge is 2.09. The summed E-state index contributed by atoms with van der Waals surface area (Å²) in [7, 11) is 0. The maximum absolute atomic E-state index is 4.22. The molecule has 1 aromatic carbocycles. The molecule has 102 valence electrons. The number of anilines is 1. The van der Waals surface area contributed by atoms with E-state index < -0.39 is 0 Å². The van der Waals surface area contributed by atoms with Gasteiger partial charge in [0.05, 0.1) is 0 Å². The molecular weight excluding hydrogens is 274 g/mol. The molecule has 0 spiro atoms. The number of aryl methyl sites for hydroxylation is 2. The number of aromatic nitrogens is 2. The fourth-order valence-corrected chi connectivity index (χ4v) is 3.44. The van der Waals surface area contributed by atoms with Crippen LogP contribution in [-0.2, 0) is 5.75 Å². The van der Waals surface area contributed by atoms with Crippen LogP contribution in [0.1, 0.15) is 30.2 Å². The molecule has 0 bridgehead atoms. The van der Waals surface area contributed by atoms with Crippen LogP contribution in [0.4, 0.5) is 5.00 Å². The van der Waals surface area contributed by atoms with Crippen molar-refractivity contribution in [2.24, 2.45) is 0 Å². The first-order chi connectivity index (χ1) is 9.20. The molecule has 0 aliphatic heterocycles. The van der Waals surface area contributed by atoms with Crippen LogP contribution in [-0.4, -0.2) is 16.1 Å². The van der Waals surface area contributed by atoms with E-state index in [9.17, 15) is 0 Å². The third kappa shape index (κ3) is 3.94. The molecule has 2 rings (SSSR count). The molecule has 0 aliphatic rings. The van der Waals surface area contributed by atoms with E-state index in [0.717, 1.165) is 29.4 Å². The van der Waals surface area contributed by atoms with Crippen molar-refractivity contribution in [3.8, 4) is 0 Å². The van der Waals surface area contributed by atoms with Crippen molar-refractivity contribution in [2.75, 3.05) is 11.9 Å². The predicted octanol–water partition coefficient (Wildman–Crippen LogP) is 4.27. The second kappa shape index (κ2) is 6.91. The van der Waals surface area contributed by atoms with Crippen molar-refractivity contribution < 1.29 is 0 Å². The van der Waals surface area contributed by atoms with Gasteiger partial charge >= 0.3 is 0 Å². The average Bonchev–Trinajstić information content (AvgIpc) is 2.85. The standard InChI is InChI=1S/C14H19N3S2/c1-4-7-15-14-12(16-17-19-14)9-18-13-8-10(2)5-6-11(13)3/h5-6,8,15H,4,7,9H2,1-3H3. The predicted molar refractivity (Wildman–Crippen MR) is 84.2 cm³/mol. The summed E-state index contributed by atoms with van der Waals surface area (Å²) in [6.07, 6.45) is 1.11. The number of thioether (sulfide) groups is 1. The van der Waals surface area contributed by atoms with E-state index in [1.54, 1.807) is 0 Å². The zero-order chi connectivity index (χ0) is 13.7. The largest absolute Gasteiger partial charge is 0.374 e. The Kier molecular flexibility index (Phi) is 5.22. The van der Waals surface area contributed by atoms with Gasteiger partial charge in [0.2, 0.25) is 0 Å². The molecule has 2 aromatic rings. The topological polar surface area (TPSA) is 37.8 Å². The van der Waals surface area contributed by atoms with Crippen LogP contribution in [0, 0.1) is 13.8 Å². The van der Waals surface area contributed by atoms with Crippen LogP contribution < -0.4 is 5.32 Å². The molecule has 1 aromatic heterocycles. The fraction of sp³-hybridized carbons (Fsp3) is 0.429. The molecule has 5 heteroatoms. The van der Waals surface area contributed by atoms with Gasteiger partial charge in [-0.15, -0.1) is 16.9 Å². The maximum Gasteiger partial charge on any atom is 0.134 e. The van der Waals surface area contributed by atoms with Crippen LogP contribution in [0.3, 0.4) is 0 Å². The Morgan fingerprint density at radius 2 is 2.16 bits per heavy atom. The smallest absolute Gasteiger partial charge is 0.134 e. The molecule has 0 saturated carbocycles. The van der Waals surface area contributed by atoms with Gasteiger partial charge in [-0.3, -0.25) is 0 Å². The second-order valence-electron chi connectivity index (χ2n) is 4.53. The minimum Gasteiger partial charge on any atom is -0.374 e. The van der Waals surface area contributed by atoms with Crippen LogP contribution >= 0.6 is 23.3 Å². The maximum atomic E-state index is 4.22. The molecule has 0 saturated heterocycles. The van der Waals surface area contributed by atoms with Crippen molar-refractivity contribution in [2.45, 2.75) is 37.8 Å². The monoisotopic (exact) mass is 293 g/mol. The van der Waals surface area contributed by atoms with Crippen LogP contribution in [0.25, 0.3) is 0 Å². The van der Waals surface area contributed by atoms with Crippen LogP contribution in [0.2, 0.25) is 0 Å². The summed E-state index contributed by atoms with van der Waals surface area (Å²) in [5.74, 6) is 0.868. The zero-order valence-electron chi connectivity index (χ0n) is 11.6. The molecular formula is C14H19N3S2. The number of nitrogens with zero attached hydrogens (tertiary/aromatic N) is 2. The first kappa shape index (κ1) is 14.3. The lowest BCUT2D eigenvalue weighted by Gasteiger charge is -2.07. The van der Waals surface area contributed by atoms with Crippen molar-refractivity contribution >= 4 is 28.3 Å². The number of hydrogen-bond acceptors (Lipinski definition) is 5. The lowest BCUT2D eigenvalue weighted by Crippen LogP contribution is -2.00. The van der Waals surface area contributed by atoms with Crippen molar-refractivity contribution in [1.82, 2.24) is 9.59 Å². The van der Waals surface area contributed by atoms with Gasteiger partial charge in [-0.25, -0.2) is 0 Å². The van der Waals surface area contributed by atoms with Crippen molar-refractivity contribution in [3.63, 3.8) is 0 Å². The molecule has 1 heterocycles. The number of nitrogens with one attached hydrogen (secondary N) is 1. The highest BCUT2D eigenvalue weighted by atomic mass is 32.2. The van der Waals surface area contributed by atoms with Gasteiger partial charge in [0.1, 0.15) is 10.7 Å². The van der Waals surface area contributed by atoms with E-state index >= 15 is 0 Å². The summed E-state index contributed by atoms with van der Waals surface area (Å²) in [5, 5.41) is 8.72. The molecule has 0 atom stereocenters. The van der Waals surface area contributed by atoms with Gasteiger partial charge in [0.25, 0.3) is 0 Å². The van der Waals surface area contributed by atoms with E-state index in [4.69, 9.17) is 0 Å². The first-order valence-electron chi connectivity index (χ1n) is 6.46. The second-order valence-corrected chi connectivity index (χ2v) is 6.30. The van der Waals surface area contributed by atoms with E-state index in [0.29, 0.717) is 0 Å². The summed E-state index contributed by atoms with van der Waals surface area (Å²) < 4.78 is 4.04. The first-order valence-corrected chi connectivity index (χ1v) is 8.21. The average molecular weight is 293 g/mol. The van der Waals surface area contributed by atoms with Gasteiger partial charge in [-0.1, -0.05) is 29.1 Å². The Hall–Kier alpha value is -1.07. The molecule has 0 aliphatic carbocycles. The number of rotatable bonds is 6. The van der Waals surface area contributed by atoms with E-state index in [1.807, 2.05) is 11.8 Å². The van der Waals surface area contributed by atoms with Gasteiger partial charge in [-0.2, -0.15) is 0 Å². The summed E-state index contributed by atoms with van der Waals surface area (Å²) in [5.41, 5.74) is 3.68. The fourth-order valence-electron chi connectivity index (χ4n) is 1.68. The summed E-state index contributed by atoms with van der Waals surface area (Å²) in [6.45, 7) is 7.41. The Morgan fingerprint density at radius 1 is 1.32 bits per heavy atom. The van der Waals surface area contributed by atoms with Gasteiger partial charge in [0.15, 0.2) is 0 Å². The zero-order valence-corrected chi connectivity index (χ0v) is 13.2. The van der Waals surface area contributed by atoms with Crippen molar-refractivity contribution in [1.29, 1.82) is 0 Å². The molecule has 0 fully saturated rings. The molecule has 1 N–H and O–H groups in total. The summed E-state index contributed by atoms with van der Waals surface area (Å²) in [6, 6.07) is 6.56. The quantitative estimate of drug-likeness (QED) is 0.807. The summed E-state index contributed by atoms with van der Waals surface area (Å²) in [4.78, 5) is 1.33. The Bertz CT molecular complexity index is 537. The van der Waals surface area contributed by atoms with Gasteiger partial charge < -0.3 is 5.32 Å². The highest BCUT2D eigenvalue weighted by Crippen LogP contribution is 2.29. The van der Waals surface area contributed by atoms with Gasteiger partial charge in [0, 0.05) is 28.7 Å². The normalized spacial score (nSPS) is 10.7. The Morgan fingerprint density at radius 3 is 2.95 bits per heavy atom. The van der Waals surface area contributed by atoms with E-state index in [1.165, 1.54) is 27.6 Å². The number of benzene rings is 1. The highest BCUT2D eigenvalue weighted by molar-refractivity contribution is 7.98. The lowest BCUT2D eigenvalue weighted by molar-refractivity contribution is 0.976. The third-order valence-corrected chi connectivity index (χ3v) is 4.69. The van der Waals surface area contributed by atoms with Crippen LogP contribution in [0.5, 0.6) is 0 Å². The van der Waals surface area contributed by atoms with Crippen molar-refractivity contribution in [3.05, 3.63) is 35.0 Å². The summed E-state index contributed by atoms with van der Waals surface area (Å²) >= 11 is 3.28. The van der Waals surface area contributed by atoms with E-state index in [2.05, 4.69) is 53.9 Å². The van der Waals surface area contributed by atoms with E-state index in [-0.39, 0.29) is 0 Å². The molecule has 19 heavy (non-hydrogen) atoms. The Balaban J connectivity index is 2.02. The lowest BCUT2D eigenvalue weighted by atomic mass is 10.2. The third-order valence-electron chi connectivity index (χ3n) is 2.80. The van der Waals surface area contributed by atoms with Crippen LogP contribution in [0.15, 0.2) is 23.1 Å². The molecule has 0 unspecified atom stereocenters. The minimum absolute atomic E-state index is 0.868. The molecule has 0 radical (unpaired) electrons.